The molecule has 0 fully saturated rings. The molecule has 9 heteroatoms. The first-order chi connectivity index (χ1) is 18.3. The smallest absolute Gasteiger partial charge is 0.338 e. The Bertz CT molecular complexity index is 1190. The summed E-state index contributed by atoms with van der Waals surface area (Å²) in [6, 6.07) is 11.2. The first kappa shape index (κ1) is 29.8. The highest BCUT2D eigenvalue weighted by molar-refractivity contribution is 6.02. The molecule has 1 aromatic carbocycles. The number of esters is 2. The summed E-state index contributed by atoms with van der Waals surface area (Å²) in [7, 11) is 1.52. The minimum Gasteiger partial charge on any atom is -0.461 e. The van der Waals surface area contributed by atoms with Crippen molar-refractivity contribution >= 4 is 17.8 Å². The molecule has 1 aliphatic rings. The maximum atomic E-state index is 13.4. The summed E-state index contributed by atoms with van der Waals surface area (Å²) in [5.41, 5.74) is 2.99. The molecule has 38 heavy (non-hydrogen) atoms. The molecule has 0 radical (unpaired) electrons. The number of rotatable bonds is 13. The van der Waals surface area contributed by atoms with Crippen molar-refractivity contribution in [2.75, 3.05) is 33.5 Å². The number of nitrogens with zero attached hydrogens (tertiary/aromatic N) is 1. The monoisotopic (exact) mass is 519 g/mol. The highest BCUT2D eigenvalue weighted by atomic mass is 16.6. The van der Waals surface area contributed by atoms with Crippen molar-refractivity contribution in [2.24, 2.45) is 0 Å². The van der Waals surface area contributed by atoms with Gasteiger partial charge in [0.15, 0.2) is 0 Å². The molecule has 1 atom stereocenters. The molecule has 1 aliphatic heterocycles. The Morgan fingerprint density at radius 3 is 2.45 bits per heavy atom. The van der Waals surface area contributed by atoms with Crippen LogP contribution in [-0.4, -0.2) is 51.3 Å². The molecule has 0 aromatic heterocycles. The highest BCUT2D eigenvalue weighted by Gasteiger charge is 2.37. The van der Waals surface area contributed by atoms with E-state index in [1.807, 2.05) is 36.4 Å². The van der Waals surface area contributed by atoms with Gasteiger partial charge >= 0.3 is 11.9 Å². The Kier molecular flexibility index (Phi) is 12.3. The largest absolute Gasteiger partial charge is 0.461 e. The van der Waals surface area contributed by atoms with Crippen molar-refractivity contribution in [3.05, 3.63) is 94.9 Å². The summed E-state index contributed by atoms with van der Waals surface area (Å²) in [5, 5.41) is 14.5. The fourth-order valence-corrected chi connectivity index (χ4v) is 3.82. The van der Waals surface area contributed by atoms with E-state index in [9.17, 15) is 14.4 Å². The SMILES string of the molecule is C=C/C(=C\C=C/CNC(=O)C1=C(C)NC(C)=C(C(=O)OCCOC)C1c1ccccc1)C(=O)OCCC#N. The number of hydrogen-bond donors (Lipinski definition) is 2. The number of benzene rings is 1. The van der Waals surface area contributed by atoms with E-state index in [0.29, 0.717) is 22.5 Å². The zero-order valence-corrected chi connectivity index (χ0v) is 21.9. The van der Waals surface area contributed by atoms with Crippen molar-refractivity contribution < 1.29 is 28.6 Å². The third kappa shape index (κ3) is 8.32. The molecule has 1 aromatic rings. The van der Waals surface area contributed by atoms with E-state index in [-0.39, 0.29) is 44.3 Å². The lowest BCUT2D eigenvalue weighted by Crippen LogP contribution is -2.36. The van der Waals surface area contributed by atoms with Crippen LogP contribution in [0, 0.1) is 11.3 Å². The van der Waals surface area contributed by atoms with Crippen LogP contribution in [0.4, 0.5) is 0 Å². The van der Waals surface area contributed by atoms with E-state index >= 15 is 0 Å². The number of nitrogens with one attached hydrogen (secondary N) is 2. The maximum absolute atomic E-state index is 13.4. The second kappa shape index (κ2) is 15.6. The molecule has 1 amide bonds. The fraction of sp³-hybridized carbons (Fsp3) is 0.310. The van der Waals surface area contributed by atoms with Gasteiger partial charge in [-0.3, -0.25) is 4.79 Å². The predicted octanol–water partition coefficient (Wildman–Crippen LogP) is 3.35. The van der Waals surface area contributed by atoms with Crippen LogP contribution in [0.1, 0.15) is 31.7 Å². The summed E-state index contributed by atoms with van der Waals surface area (Å²) < 4.78 is 15.4. The number of ether oxygens (including phenoxy) is 3. The lowest BCUT2D eigenvalue weighted by molar-refractivity contribution is -0.141. The van der Waals surface area contributed by atoms with Gasteiger partial charge in [0, 0.05) is 30.6 Å². The van der Waals surface area contributed by atoms with Gasteiger partial charge in [0.1, 0.15) is 13.2 Å². The van der Waals surface area contributed by atoms with E-state index in [4.69, 9.17) is 19.5 Å². The van der Waals surface area contributed by atoms with Crippen molar-refractivity contribution in [3.8, 4) is 6.07 Å². The number of nitriles is 1. The highest BCUT2D eigenvalue weighted by Crippen LogP contribution is 2.38. The first-order valence-electron chi connectivity index (χ1n) is 12.1. The fourth-order valence-electron chi connectivity index (χ4n) is 3.82. The third-order valence-electron chi connectivity index (χ3n) is 5.57. The van der Waals surface area contributed by atoms with Gasteiger partial charge in [0.05, 0.1) is 36.2 Å². The second-order valence-corrected chi connectivity index (χ2v) is 8.18. The normalized spacial score (nSPS) is 15.5. The summed E-state index contributed by atoms with van der Waals surface area (Å²) >= 11 is 0. The molecule has 9 nitrogen and oxygen atoms in total. The van der Waals surface area contributed by atoms with Crippen LogP contribution in [0.25, 0.3) is 0 Å². The van der Waals surface area contributed by atoms with Crippen LogP contribution < -0.4 is 10.6 Å². The number of methoxy groups -OCH3 is 1. The van der Waals surface area contributed by atoms with E-state index in [1.54, 1.807) is 26.0 Å². The van der Waals surface area contributed by atoms with Crippen LogP contribution in [0.2, 0.25) is 0 Å². The maximum Gasteiger partial charge on any atom is 0.338 e. The van der Waals surface area contributed by atoms with Gasteiger partial charge in [-0.2, -0.15) is 5.26 Å². The molecule has 1 heterocycles. The topological polar surface area (TPSA) is 127 Å². The van der Waals surface area contributed by atoms with E-state index in [0.717, 1.165) is 5.56 Å². The molecule has 2 N–H and O–H groups in total. The van der Waals surface area contributed by atoms with Crippen LogP contribution in [-0.2, 0) is 28.6 Å². The summed E-state index contributed by atoms with van der Waals surface area (Å²) in [4.78, 5) is 38.4. The van der Waals surface area contributed by atoms with Gasteiger partial charge in [-0.15, -0.1) is 0 Å². The Morgan fingerprint density at radius 1 is 1.08 bits per heavy atom. The van der Waals surface area contributed by atoms with Crippen LogP contribution >= 0.6 is 0 Å². The Morgan fingerprint density at radius 2 is 1.79 bits per heavy atom. The van der Waals surface area contributed by atoms with Crippen molar-refractivity contribution in [3.63, 3.8) is 0 Å². The van der Waals surface area contributed by atoms with E-state index in [1.165, 1.54) is 19.3 Å². The molecule has 1 unspecified atom stereocenters. The second-order valence-electron chi connectivity index (χ2n) is 8.18. The lowest BCUT2D eigenvalue weighted by atomic mass is 9.80. The molecular weight excluding hydrogens is 486 g/mol. The average Bonchev–Trinajstić information content (AvgIpc) is 2.90. The molecule has 2 rings (SSSR count). The molecule has 0 spiro atoms. The van der Waals surface area contributed by atoms with Crippen LogP contribution in [0.5, 0.6) is 0 Å². The zero-order valence-electron chi connectivity index (χ0n) is 21.9. The minimum atomic E-state index is -0.632. The molecule has 0 bridgehead atoms. The predicted molar refractivity (Wildman–Crippen MR) is 142 cm³/mol. The Hall–Kier alpha value is -4.42. The molecule has 0 aliphatic carbocycles. The summed E-state index contributed by atoms with van der Waals surface area (Å²) in [5.74, 6) is -2.10. The number of carbonyl (C=O) groups excluding carboxylic acids is 3. The van der Waals surface area contributed by atoms with Gasteiger partial charge in [0.25, 0.3) is 0 Å². The Balaban J connectivity index is 2.20. The van der Waals surface area contributed by atoms with Crippen molar-refractivity contribution in [2.45, 2.75) is 26.2 Å². The first-order valence-corrected chi connectivity index (χ1v) is 12.1. The minimum absolute atomic E-state index is 0.00119. The summed E-state index contributed by atoms with van der Waals surface area (Å²) in [6.45, 7) is 7.67. The zero-order chi connectivity index (χ0) is 27.9. The van der Waals surface area contributed by atoms with Gasteiger partial charge < -0.3 is 24.8 Å². The van der Waals surface area contributed by atoms with Gasteiger partial charge in [-0.05, 0) is 25.5 Å². The van der Waals surface area contributed by atoms with Crippen LogP contribution in [0.15, 0.2) is 89.3 Å². The number of hydrogen-bond acceptors (Lipinski definition) is 8. The number of amides is 1. The number of carbonyl (C=O) groups is 3. The van der Waals surface area contributed by atoms with Crippen molar-refractivity contribution in [1.29, 1.82) is 5.26 Å². The molecular formula is C29H33N3O6. The molecule has 200 valence electrons. The van der Waals surface area contributed by atoms with Gasteiger partial charge in [0.2, 0.25) is 5.91 Å². The van der Waals surface area contributed by atoms with Crippen LogP contribution in [0.3, 0.4) is 0 Å². The van der Waals surface area contributed by atoms with E-state index < -0.39 is 17.9 Å². The Labute approximate surface area is 223 Å². The van der Waals surface area contributed by atoms with Gasteiger partial charge in [-0.1, -0.05) is 55.1 Å². The standard InChI is InChI=1S/C29H33N3O6/c1-5-22(28(34)37-17-11-15-30)12-9-10-16-31-27(33)24-20(2)32-21(3)25(29(35)38-19-18-36-4)26(24)23-13-7-6-8-14-23/h5-10,12-14,26,32H,1,11,16-19H2,2-4H3,(H,31,33)/b10-9-,22-12+. The number of allylic oxidation sites excluding steroid dienone is 4. The molecule has 0 saturated heterocycles. The molecule has 0 saturated carbocycles. The van der Waals surface area contributed by atoms with Gasteiger partial charge in [-0.25, -0.2) is 9.59 Å². The van der Waals surface area contributed by atoms with E-state index in [2.05, 4.69) is 17.2 Å². The third-order valence-corrected chi connectivity index (χ3v) is 5.57. The summed E-state index contributed by atoms with van der Waals surface area (Å²) in [6.07, 6.45) is 6.22. The number of dihydropyridines is 1. The quantitative estimate of drug-likeness (QED) is 0.176. The average molecular weight is 520 g/mol. The lowest BCUT2D eigenvalue weighted by Gasteiger charge is -2.31. The van der Waals surface area contributed by atoms with Crippen molar-refractivity contribution in [1.82, 2.24) is 10.6 Å².